The predicted octanol–water partition coefficient (Wildman–Crippen LogP) is 2.18. The molecule has 2 rings (SSSR count). The van der Waals surface area contributed by atoms with Gasteiger partial charge in [0, 0.05) is 6.42 Å². The second kappa shape index (κ2) is 5.08. The van der Waals surface area contributed by atoms with Crippen molar-refractivity contribution in [2.24, 2.45) is 0 Å². The van der Waals surface area contributed by atoms with Crippen LogP contribution in [0.15, 0.2) is 30.3 Å². The zero-order valence-electron chi connectivity index (χ0n) is 10.6. The minimum Gasteiger partial charge on any atom is -0.479 e. The molecule has 4 nitrogen and oxygen atoms in total. The lowest BCUT2D eigenvalue weighted by molar-refractivity contribution is -0.161. The molecule has 18 heavy (non-hydrogen) atoms. The Morgan fingerprint density at radius 1 is 1.44 bits per heavy atom. The molecule has 1 fully saturated rings. The fourth-order valence-corrected chi connectivity index (χ4v) is 2.33. The van der Waals surface area contributed by atoms with E-state index in [-0.39, 0.29) is 12.2 Å². The van der Waals surface area contributed by atoms with Gasteiger partial charge in [-0.25, -0.2) is 4.79 Å². The van der Waals surface area contributed by atoms with Gasteiger partial charge < -0.3 is 14.6 Å². The third kappa shape index (κ3) is 2.40. The van der Waals surface area contributed by atoms with Crippen molar-refractivity contribution < 1.29 is 19.4 Å². The van der Waals surface area contributed by atoms with E-state index in [0.717, 1.165) is 0 Å². The van der Waals surface area contributed by atoms with Gasteiger partial charge in [-0.15, -0.1) is 0 Å². The van der Waals surface area contributed by atoms with Crippen LogP contribution in [-0.4, -0.2) is 29.9 Å². The first-order valence-electron chi connectivity index (χ1n) is 6.13. The third-order valence-corrected chi connectivity index (χ3v) is 3.08. The predicted molar refractivity (Wildman–Crippen MR) is 66.3 cm³/mol. The lowest BCUT2D eigenvalue weighted by Gasteiger charge is -2.24. The molecule has 0 spiro atoms. The molecule has 4 heteroatoms. The van der Waals surface area contributed by atoms with Crippen LogP contribution in [0.5, 0.6) is 0 Å². The Kier molecular flexibility index (Phi) is 3.68. The van der Waals surface area contributed by atoms with Gasteiger partial charge in [-0.3, -0.25) is 0 Å². The molecule has 1 aliphatic heterocycles. The van der Waals surface area contributed by atoms with E-state index in [0.29, 0.717) is 18.6 Å². The van der Waals surface area contributed by atoms with Crippen molar-refractivity contribution in [3.63, 3.8) is 0 Å². The van der Waals surface area contributed by atoms with E-state index in [2.05, 4.69) is 0 Å². The fourth-order valence-electron chi connectivity index (χ4n) is 2.33. The second-order valence-corrected chi connectivity index (χ2v) is 4.82. The van der Waals surface area contributed by atoms with Gasteiger partial charge in [-0.2, -0.15) is 0 Å². The highest BCUT2D eigenvalue weighted by Crippen LogP contribution is 2.37. The second-order valence-electron chi connectivity index (χ2n) is 4.82. The Labute approximate surface area is 107 Å². The first-order chi connectivity index (χ1) is 8.54. The Hall–Kier alpha value is -1.39. The zero-order valence-corrected chi connectivity index (χ0v) is 10.6. The van der Waals surface area contributed by atoms with E-state index in [1.165, 1.54) is 0 Å². The number of hydrogen-bond donors (Lipinski definition) is 1. The highest BCUT2D eigenvalue weighted by atomic mass is 16.6. The third-order valence-electron chi connectivity index (χ3n) is 3.08. The van der Waals surface area contributed by atoms with Crippen molar-refractivity contribution in [3.8, 4) is 0 Å². The average molecular weight is 250 g/mol. The molecule has 0 radical (unpaired) electrons. The van der Waals surface area contributed by atoms with Crippen LogP contribution in [0.2, 0.25) is 0 Å². The van der Waals surface area contributed by atoms with Crippen LogP contribution in [0, 0.1) is 0 Å². The molecule has 2 atom stereocenters. The number of carboxylic acids is 1. The topological polar surface area (TPSA) is 55.8 Å². The van der Waals surface area contributed by atoms with Crippen LogP contribution in [0.4, 0.5) is 0 Å². The number of rotatable bonds is 4. The van der Waals surface area contributed by atoms with Crippen LogP contribution < -0.4 is 0 Å². The molecule has 1 heterocycles. The minimum absolute atomic E-state index is 0.0685. The van der Waals surface area contributed by atoms with E-state index in [1.807, 2.05) is 32.0 Å². The van der Waals surface area contributed by atoms with Gasteiger partial charge in [0.1, 0.15) is 0 Å². The number of ether oxygens (including phenoxy) is 2. The number of carboxylic acid groups (broad SMARTS) is 1. The van der Waals surface area contributed by atoms with Crippen LogP contribution >= 0.6 is 0 Å². The molecular weight excluding hydrogens is 232 g/mol. The van der Waals surface area contributed by atoms with E-state index >= 15 is 0 Å². The molecule has 1 N–H and O–H groups in total. The summed E-state index contributed by atoms with van der Waals surface area (Å²) in [4.78, 5) is 11.6. The van der Waals surface area contributed by atoms with Crippen LogP contribution in [0.25, 0.3) is 0 Å². The van der Waals surface area contributed by atoms with E-state index in [1.54, 1.807) is 12.1 Å². The summed E-state index contributed by atoms with van der Waals surface area (Å²) in [5.41, 5.74) is -0.590. The maximum atomic E-state index is 11.6. The van der Waals surface area contributed by atoms with Gasteiger partial charge in [-0.1, -0.05) is 30.3 Å². The van der Waals surface area contributed by atoms with Crippen molar-refractivity contribution in [2.75, 3.05) is 6.61 Å². The highest BCUT2D eigenvalue weighted by Gasteiger charge is 2.49. The average Bonchev–Trinajstić information content (AvgIpc) is 2.74. The summed E-state index contributed by atoms with van der Waals surface area (Å²) in [6, 6.07) is 9.06. The summed E-state index contributed by atoms with van der Waals surface area (Å²) in [5.74, 6) is -0.955. The van der Waals surface area contributed by atoms with E-state index in [9.17, 15) is 9.90 Å². The Balaban J connectivity index is 2.23. The fraction of sp³-hybridized carbons (Fsp3) is 0.500. The van der Waals surface area contributed by atoms with Gasteiger partial charge in [0.2, 0.25) is 0 Å². The first kappa shape index (κ1) is 13.1. The largest absolute Gasteiger partial charge is 0.479 e. The Morgan fingerprint density at radius 3 is 2.67 bits per heavy atom. The summed E-state index contributed by atoms with van der Waals surface area (Å²) in [5, 5.41) is 9.49. The molecule has 0 aromatic heterocycles. The van der Waals surface area contributed by atoms with Crippen LogP contribution in [0.3, 0.4) is 0 Å². The molecule has 2 unspecified atom stereocenters. The number of benzene rings is 1. The van der Waals surface area contributed by atoms with Gasteiger partial charge in [0.25, 0.3) is 0 Å². The lowest BCUT2D eigenvalue weighted by Crippen LogP contribution is -2.35. The summed E-state index contributed by atoms with van der Waals surface area (Å²) in [6.45, 7) is 4.19. The summed E-state index contributed by atoms with van der Waals surface area (Å²) in [7, 11) is 0. The van der Waals surface area contributed by atoms with Gasteiger partial charge in [-0.05, 0) is 19.4 Å². The van der Waals surface area contributed by atoms with Crippen LogP contribution in [-0.2, 0) is 19.9 Å². The van der Waals surface area contributed by atoms with Crippen molar-refractivity contribution >= 4 is 5.97 Å². The quantitative estimate of drug-likeness (QED) is 0.889. The highest BCUT2D eigenvalue weighted by molar-refractivity contribution is 5.80. The zero-order chi connectivity index (χ0) is 13.2. The SMILES string of the molecule is CC(C)OC1COC(C(=O)O)(c2ccccc2)C1. The maximum Gasteiger partial charge on any atom is 0.340 e. The molecule has 0 aliphatic carbocycles. The van der Waals surface area contributed by atoms with Crippen molar-refractivity contribution in [2.45, 2.75) is 38.1 Å². The van der Waals surface area contributed by atoms with Crippen molar-refractivity contribution in [3.05, 3.63) is 35.9 Å². The van der Waals surface area contributed by atoms with E-state index in [4.69, 9.17) is 9.47 Å². The normalized spacial score (nSPS) is 27.6. The first-order valence-corrected chi connectivity index (χ1v) is 6.13. The van der Waals surface area contributed by atoms with Gasteiger partial charge >= 0.3 is 5.97 Å². The number of aliphatic carboxylic acids is 1. The summed E-state index contributed by atoms with van der Waals surface area (Å²) < 4.78 is 11.2. The molecule has 0 saturated carbocycles. The molecule has 1 aromatic carbocycles. The number of hydrogen-bond acceptors (Lipinski definition) is 3. The molecule has 98 valence electrons. The summed E-state index contributed by atoms with van der Waals surface area (Å²) >= 11 is 0. The smallest absolute Gasteiger partial charge is 0.340 e. The van der Waals surface area contributed by atoms with Crippen LogP contribution in [0.1, 0.15) is 25.8 Å². The molecular formula is C14H18O4. The van der Waals surface area contributed by atoms with Gasteiger partial charge in [0.05, 0.1) is 18.8 Å². The summed E-state index contributed by atoms with van der Waals surface area (Å²) in [6.07, 6.45) is 0.255. The monoisotopic (exact) mass is 250 g/mol. The molecule has 0 amide bonds. The van der Waals surface area contributed by atoms with Crippen molar-refractivity contribution in [1.82, 2.24) is 0 Å². The molecule has 1 aliphatic rings. The Bertz CT molecular complexity index is 415. The molecule has 0 bridgehead atoms. The standard InChI is InChI=1S/C14H18O4/c1-10(2)18-12-8-14(13(15)16,17-9-12)11-6-4-3-5-7-11/h3-7,10,12H,8-9H2,1-2H3,(H,15,16). The maximum absolute atomic E-state index is 11.6. The lowest BCUT2D eigenvalue weighted by atomic mass is 9.90. The van der Waals surface area contributed by atoms with Crippen molar-refractivity contribution in [1.29, 1.82) is 0 Å². The molecule has 1 aromatic rings. The number of carbonyl (C=O) groups is 1. The molecule has 1 saturated heterocycles. The Morgan fingerprint density at radius 2 is 2.11 bits per heavy atom. The van der Waals surface area contributed by atoms with E-state index < -0.39 is 11.6 Å². The minimum atomic E-state index is -1.26. The van der Waals surface area contributed by atoms with Gasteiger partial charge in [0.15, 0.2) is 5.60 Å².